The van der Waals surface area contributed by atoms with Crippen molar-refractivity contribution in [3.63, 3.8) is 0 Å². The molecule has 3 atom stereocenters. The Labute approximate surface area is 185 Å². The fourth-order valence-electron chi connectivity index (χ4n) is 5.52. The lowest BCUT2D eigenvalue weighted by molar-refractivity contribution is -0.0186. The number of hydrogen-bond donors (Lipinski definition) is 2. The van der Waals surface area contributed by atoms with E-state index in [1.54, 1.807) is 0 Å². The third-order valence-electron chi connectivity index (χ3n) is 7.38. The van der Waals surface area contributed by atoms with Crippen molar-refractivity contribution in [2.75, 3.05) is 33.2 Å². The molecule has 5 rings (SSSR count). The van der Waals surface area contributed by atoms with Crippen LogP contribution in [0, 0.1) is 11.8 Å². The Hall–Kier alpha value is -2.21. The highest BCUT2D eigenvalue weighted by Gasteiger charge is 2.54. The highest BCUT2D eigenvalue weighted by atomic mass is 16.7. The molecule has 0 aromatic heterocycles. The van der Waals surface area contributed by atoms with Gasteiger partial charge < -0.3 is 10.2 Å². The van der Waals surface area contributed by atoms with Gasteiger partial charge in [0.15, 0.2) is 6.23 Å². The van der Waals surface area contributed by atoms with E-state index in [2.05, 4.69) is 77.3 Å². The van der Waals surface area contributed by atoms with Gasteiger partial charge in [0.05, 0.1) is 0 Å². The largest absolute Gasteiger partial charge is 0.319 e. The smallest absolute Gasteiger partial charge is 0.179 e. The van der Waals surface area contributed by atoms with E-state index in [1.807, 2.05) is 6.07 Å². The first-order valence-corrected chi connectivity index (χ1v) is 11.7. The normalized spacial score (nSPS) is 28.9. The summed E-state index contributed by atoms with van der Waals surface area (Å²) in [5.41, 5.74) is 6.16. The van der Waals surface area contributed by atoms with E-state index in [-0.39, 0.29) is 6.23 Å². The second-order valence-electron chi connectivity index (χ2n) is 9.44. The van der Waals surface area contributed by atoms with Gasteiger partial charge in [-0.3, -0.25) is 5.48 Å². The Morgan fingerprint density at radius 1 is 1.06 bits per heavy atom. The molecule has 0 bridgehead atoms. The van der Waals surface area contributed by atoms with Crippen molar-refractivity contribution in [1.82, 2.24) is 15.7 Å². The topological polar surface area (TPSA) is 48.9 Å². The first-order chi connectivity index (χ1) is 15.3. The van der Waals surface area contributed by atoms with Gasteiger partial charge in [-0.1, -0.05) is 60.7 Å². The van der Waals surface area contributed by atoms with Gasteiger partial charge >= 0.3 is 0 Å². The lowest BCUT2D eigenvalue weighted by atomic mass is 9.91. The van der Waals surface area contributed by atoms with Gasteiger partial charge in [0, 0.05) is 30.8 Å². The van der Waals surface area contributed by atoms with Crippen molar-refractivity contribution in [3.8, 4) is 0 Å². The number of hydroxylamine groups is 1. The summed E-state index contributed by atoms with van der Waals surface area (Å²) in [6.45, 7) is 4.57. The van der Waals surface area contributed by atoms with Crippen molar-refractivity contribution in [3.05, 3.63) is 71.8 Å². The van der Waals surface area contributed by atoms with Crippen molar-refractivity contribution >= 4 is 5.84 Å². The number of benzene rings is 2. The number of aliphatic imine (C=N–C) groups is 1. The molecule has 164 valence electrons. The van der Waals surface area contributed by atoms with Crippen molar-refractivity contribution < 1.29 is 4.84 Å². The molecule has 1 saturated heterocycles. The third kappa shape index (κ3) is 4.54. The second kappa shape index (κ2) is 9.11. The standard InChI is InChI=1S/C26H34N4O/c1-27-19-26(22-10-6-3-7-11-22)17-23(26)18-30-14-12-21(13-15-30)25-28-24(29-31-25)16-20-8-4-2-5-9-20/h2-11,21,23,25,27H,12-19H2,1H3,(H,28,29). The Kier molecular flexibility index (Phi) is 6.08. The first-order valence-electron chi connectivity index (χ1n) is 11.7. The van der Waals surface area contributed by atoms with Gasteiger partial charge in [-0.05, 0) is 56.4 Å². The van der Waals surface area contributed by atoms with Crippen LogP contribution in [0.2, 0.25) is 0 Å². The van der Waals surface area contributed by atoms with Crippen LogP contribution in [-0.4, -0.2) is 50.2 Å². The van der Waals surface area contributed by atoms with Crippen LogP contribution in [0.15, 0.2) is 65.7 Å². The monoisotopic (exact) mass is 418 g/mol. The summed E-state index contributed by atoms with van der Waals surface area (Å²) < 4.78 is 0. The molecular weight excluding hydrogens is 384 g/mol. The molecular formula is C26H34N4O. The maximum Gasteiger partial charge on any atom is 0.179 e. The molecule has 0 spiro atoms. The molecule has 0 amide bonds. The predicted molar refractivity (Wildman–Crippen MR) is 125 cm³/mol. The minimum absolute atomic E-state index is 0.0329. The minimum Gasteiger partial charge on any atom is -0.319 e. The van der Waals surface area contributed by atoms with Crippen LogP contribution in [0.1, 0.15) is 30.4 Å². The average molecular weight is 419 g/mol. The van der Waals surface area contributed by atoms with Gasteiger partial charge in [0.1, 0.15) is 5.84 Å². The lowest BCUT2D eigenvalue weighted by Crippen LogP contribution is -2.40. The van der Waals surface area contributed by atoms with Gasteiger partial charge in [-0.15, -0.1) is 0 Å². The van der Waals surface area contributed by atoms with Crippen molar-refractivity contribution in [1.29, 1.82) is 0 Å². The summed E-state index contributed by atoms with van der Waals surface area (Å²) in [5.74, 6) is 2.21. The Morgan fingerprint density at radius 2 is 1.77 bits per heavy atom. The van der Waals surface area contributed by atoms with Crippen LogP contribution in [0.3, 0.4) is 0 Å². The number of hydrogen-bond acceptors (Lipinski definition) is 5. The Morgan fingerprint density at radius 3 is 2.48 bits per heavy atom. The summed E-state index contributed by atoms with van der Waals surface area (Å²) in [7, 11) is 2.08. The molecule has 1 saturated carbocycles. The zero-order valence-electron chi connectivity index (χ0n) is 18.5. The number of amidine groups is 1. The van der Waals surface area contributed by atoms with Gasteiger partial charge in [0.2, 0.25) is 0 Å². The van der Waals surface area contributed by atoms with E-state index >= 15 is 0 Å². The molecule has 1 aliphatic carbocycles. The summed E-state index contributed by atoms with van der Waals surface area (Å²) in [5, 5.41) is 3.45. The fraction of sp³-hybridized carbons (Fsp3) is 0.500. The number of piperidine rings is 1. The van der Waals surface area contributed by atoms with Crippen LogP contribution in [-0.2, 0) is 16.7 Å². The van der Waals surface area contributed by atoms with Crippen LogP contribution in [0.25, 0.3) is 0 Å². The molecule has 0 radical (unpaired) electrons. The maximum atomic E-state index is 5.85. The van der Waals surface area contributed by atoms with E-state index in [9.17, 15) is 0 Å². The zero-order chi connectivity index (χ0) is 21.1. The zero-order valence-corrected chi connectivity index (χ0v) is 18.5. The van der Waals surface area contributed by atoms with Gasteiger partial charge in [0.25, 0.3) is 0 Å². The lowest BCUT2D eigenvalue weighted by Gasteiger charge is -2.33. The summed E-state index contributed by atoms with van der Waals surface area (Å²) >= 11 is 0. The van der Waals surface area contributed by atoms with Crippen LogP contribution in [0.4, 0.5) is 0 Å². The number of likely N-dealkylation sites (N-methyl/N-ethyl adjacent to an activating group) is 1. The molecule has 3 aliphatic rings. The Bertz CT molecular complexity index is 879. The van der Waals surface area contributed by atoms with Crippen LogP contribution in [0.5, 0.6) is 0 Å². The quantitative estimate of drug-likeness (QED) is 0.690. The summed E-state index contributed by atoms with van der Waals surface area (Å²) in [6.07, 6.45) is 4.39. The molecule has 2 heterocycles. The fourth-order valence-corrected chi connectivity index (χ4v) is 5.52. The molecule has 2 fully saturated rings. The second-order valence-corrected chi connectivity index (χ2v) is 9.44. The number of nitrogens with zero attached hydrogens (tertiary/aromatic N) is 2. The molecule has 5 nitrogen and oxygen atoms in total. The Balaban J connectivity index is 1.12. The summed E-state index contributed by atoms with van der Waals surface area (Å²) in [6, 6.07) is 21.5. The highest BCUT2D eigenvalue weighted by Crippen LogP contribution is 2.54. The van der Waals surface area contributed by atoms with E-state index in [0.29, 0.717) is 11.3 Å². The molecule has 2 N–H and O–H groups in total. The van der Waals surface area contributed by atoms with Crippen LogP contribution < -0.4 is 10.8 Å². The van der Waals surface area contributed by atoms with E-state index in [0.717, 1.165) is 50.7 Å². The minimum atomic E-state index is -0.0329. The summed E-state index contributed by atoms with van der Waals surface area (Å²) in [4.78, 5) is 13.4. The highest BCUT2D eigenvalue weighted by molar-refractivity contribution is 5.84. The van der Waals surface area contributed by atoms with Crippen molar-refractivity contribution in [2.24, 2.45) is 16.8 Å². The van der Waals surface area contributed by atoms with Crippen LogP contribution >= 0.6 is 0 Å². The molecule has 2 aliphatic heterocycles. The third-order valence-corrected chi connectivity index (χ3v) is 7.38. The van der Waals surface area contributed by atoms with E-state index in [1.165, 1.54) is 24.1 Å². The van der Waals surface area contributed by atoms with Crippen molar-refractivity contribution in [2.45, 2.75) is 37.3 Å². The number of nitrogens with one attached hydrogen (secondary N) is 2. The van der Waals surface area contributed by atoms with E-state index in [4.69, 9.17) is 9.83 Å². The number of rotatable bonds is 8. The molecule has 5 heteroatoms. The molecule has 31 heavy (non-hydrogen) atoms. The van der Waals surface area contributed by atoms with Gasteiger partial charge in [-0.2, -0.15) is 0 Å². The molecule has 2 aromatic carbocycles. The molecule has 3 unspecified atom stereocenters. The maximum absolute atomic E-state index is 5.85. The van der Waals surface area contributed by atoms with Gasteiger partial charge in [-0.25, -0.2) is 9.83 Å². The van der Waals surface area contributed by atoms with E-state index < -0.39 is 0 Å². The number of likely N-dealkylation sites (tertiary alicyclic amines) is 1. The SMILES string of the molecule is CNCC1(c2ccccc2)CC1CN1CCC(C2N=C(Cc3ccccc3)NO2)CC1. The first kappa shape index (κ1) is 20.7. The predicted octanol–water partition coefficient (Wildman–Crippen LogP) is 3.38. The average Bonchev–Trinajstić information content (AvgIpc) is 3.30. The molecule has 2 aromatic rings.